The minimum absolute atomic E-state index is 0.170. The third-order valence-electron chi connectivity index (χ3n) is 4.41. The van der Waals surface area contributed by atoms with Gasteiger partial charge in [0.25, 0.3) is 5.91 Å². The summed E-state index contributed by atoms with van der Waals surface area (Å²) in [7, 11) is 1.59. The van der Waals surface area contributed by atoms with Crippen molar-refractivity contribution in [1.82, 2.24) is 15.2 Å². The number of pyridine rings is 1. The van der Waals surface area contributed by atoms with Crippen molar-refractivity contribution in [3.8, 4) is 0 Å². The highest BCUT2D eigenvalue weighted by Gasteiger charge is 2.46. The summed E-state index contributed by atoms with van der Waals surface area (Å²) < 4.78 is 5.48. The van der Waals surface area contributed by atoms with Crippen LogP contribution in [0.15, 0.2) is 18.3 Å². The zero-order valence-electron chi connectivity index (χ0n) is 14.6. The number of ether oxygens (including phenoxy) is 1. The lowest BCUT2D eigenvalue weighted by atomic mass is 10.2. The number of piperazine rings is 1. The Labute approximate surface area is 142 Å². The maximum atomic E-state index is 12.3. The van der Waals surface area contributed by atoms with Gasteiger partial charge in [-0.3, -0.25) is 4.79 Å². The molecule has 2 bridgehead atoms. The predicted octanol–water partition coefficient (Wildman–Crippen LogP) is 1.64. The molecule has 24 heavy (non-hydrogen) atoms. The Morgan fingerprint density at radius 1 is 1.25 bits per heavy atom. The first-order valence-electron chi connectivity index (χ1n) is 8.23. The van der Waals surface area contributed by atoms with Gasteiger partial charge in [-0.15, -0.1) is 0 Å². The molecule has 3 rings (SSSR count). The van der Waals surface area contributed by atoms with Crippen LogP contribution in [0.25, 0.3) is 0 Å². The summed E-state index contributed by atoms with van der Waals surface area (Å²) in [5.41, 5.74) is 0.915. The number of aromatic nitrogens is 1. The molecule has 3 heterocycles. The van der Waals surface area contributed by atoms with Crippen LogP contribution in [0.2, 0.25) is 0 Å². The van der Waals surface area contributed by atoms with Crippen molar-refractivity contribution in [3.63, 3.8) is 0 Å². The summed E-state index contributed by atoms with van der Waals surface area (Å²) >= 11 is 0. The average molecular weight is 332 g/mol. The molecule has 2 amide bonds. The third kappa shape index (κ3) is 3.16. The Bertz CT molecular complexity index is 638. The zero-order valence-corrected chi connectivity index (χ0v) is 14.6. The minimum Gasteiger partial charge on any atom is -0.444 e. The predicted molar refractivity (Wildman–Crippen MR) is 90.1 cm³/mol. The molecule has 2 atom stereocenters. The molecule has 2 aliphatic rings. The van der Waals surface area contributed by atoms with E-state index in [0.717, 1.165) is 18.7 Å². The maximum absolute atomic E-state index is 12.3. The number of hydrogen-bond donors (Lipinski definition) is 1. The van der Waals surface area contributed by atoms with Crippen molar-refractivity contribution < 1.29 is 14.3 Å². The molecule has 7 nitrogen and oxygen atoms in total. The quantitative estimate of drug-likeness (QED) is 0.891. The van der Waals surface area contributed by atoms with E-state index in [1.165, 1.54) is 0 Å². The molecule has 0 radical (unpaired) electrons. The Kier molecular flexibility index (Phi) is 4.11. The lowest BCUT2D eigenvalue weighted by molar-refractivity contribution is 0.0214. The molecule has 1 N–H and O–H groups in total. The van der Waals surface area contributed by atoms with Crippen LogP contribution in [0.4, 0.5) is 10.5 Å². The van der Waals surface area contributed by atoms with Gasteiger partial charge in [0, 0.05) is 26.2 Å². The number of hydrogen-bond acceptors (Lipinski definition) is 5. The topological polar surface area (TPSA) is 74.8 Å². The minimum atomic E-state index is -0.474. The number of nitrogens with zero attached hydrogens (tertiary/aromatic N) is 3. The van der Waals surface area contributed by atoms with Gasteiger partial charge >= 0.3 is 6.09 Å². The Morgan fingerprint density at radius 2 is 2.00 bits per heavy atom. The number of likely N-dealkylation sites (tertiary alicyclic amines) is 1. The number of carbonyl (C=O) groups excluding carboxylic acids is 2. The number of nitrogens with one attached hydrogen (secondary N) is 1. The fourth-order valence-corrected chi connectivity index (χ4v) is 3.35. The third-order valence-corrected chi connectivity index (χ3v) is 4.41. The van der Waals surface area contributed by atoms with Crippen LogP contribution in [-0.2, 0) is 4.74 Å². The Hall–Kier alpha value is -2.31. The number of amides is 2. The maximum Gasteiger partial charge on any atom is 0.410 e. The fourth-order valence-electron chi connectivity index (χ4n) is 3.35. The second-order valence-corrected chi connectivity index (χ2v) is 7.31. The molecule has 0 spiro atoms. The largest absolute Gasteiger partial charge is 0.444 e. The molecule has 130 valence electrons. The molecule has 0 aromatic carbocycles. The SMILES string of the molecule is CNC(=O)c1ccc(N2C[C@@H]3C[C@H]2CN3C(=O)OC(C)(C)C)cn1. The van der Waals surface area contributed by atoms with Gasteiger partial charge in [0.1, 0.15) is 11.3 Å². The van der Waals surface area contributed by atoms with Gasteiger partial charge in [-0.2, -0.15) is 0 Å². The van der Waals surface area contributed by atoms with E-state index in [-0.39, 0.29) is 24.1 Å². The number of anilines is 1. The average Bonchev–Trinajstić information content (AvgIpc) is 3.13. The molecule has 0 aliphatic carbocycles. The Balaban J connectivity index is 1.65. The van der Waals surface area contributed by atoms with Gasteiger partial charge in [-0.25, -0.2) is 9.78 Å². The van der Waals surface area contributed by atoms with Crippen molar-refractivity contribution in [3.05, 3.63) is 24.0 Å². The van der Waals surface area contributed by atoms with Crippen molar-refractivity contribution in [1.29, 1.82) is 0 Å². The lowest BCUT2D eigenvalue weighted by Gasteiger charge is -2.36. The van der Waals surface area contributed by atoms with Gasteiger partial charge < -0.3 is 19.9 Å². The molecular formula is C17H24N4O3. The van der Waals surface area contributed by atoms with E-state index < -0.39 is 5.60 Å². The van der Waals surface area contributed by atoms with Gasteiger partial charge in [0.2, 0.25) is 0 Å². The summed E-state index contributed by atoms with van der Waals surface area (Å²) in [6, 6.07) is 4.08. The first-order chi connectivity index (χ1) is 11.3. The van der Waals surface area contributed by atoms with Crippen molar-refractivity contribution in [2.45, 2.75) is 44.9 Å². The summed E-state index contributed by atoms with van der Waals surface area (Å²) in [4.78, 5) is 32.1. The summed E-state index contributed by atoms with van der Waals surface area (Å²) in [6.45, 7) is 7.07. The van der Waals surface area contributed by atoms with E-state index in [1.54, 1.807) is 19.3 Å². The summed E-state index contributed by atoms with van der Waals surface area (Å²) in [5.74, 6) is -0.194. The van der Waals surface area contributed by atoms with E-state index in [2.05, 4.69) is 15.2 Å². The van der Waals surface area contributed by atoms with Crippen LogP contribution in [0.5, 0.6) is 0 Å². The molecule has 2 saturated heterocycles. The van der Waals surface area contributed by atoms with E-state index in [4.69, 9.17) is 4.74 Å². The first-order valence-corrected chi connectivity index (χ1v) is 8.23. The van der Waals surface area contributed by atoms with Crippen LogP contribution in [-0.4, -0.2) is 59.7 Å². The summed E-state index contributed by atoms with van der Waals surface area (Å²) in [6.07, 6.45) is 2.43. The van der Waals surface area contributed by atoms with Gasteiger partial charge in [-0.1, -0.05) is 0 Å². The van der Waals surface area contributed by atoms with Crippen LogP contribution >= 0.6 is 0 Å². The fraction of sp³-hybridized carbons (Fsp3) is 0.588. The van der Waals surface area contributed by atoms with E-state index in [0.29, 0.717) is 12.2 Å². The molecule has 0 saturated carbocycles. The smallest absolute Gasteiger partial charge is 0.410 e. The molecule has 7 heteroatoms. The second-order valence-electron chi connectivity index (χ2n) is 7.31. The lowest BCUT2D eigenvalue weighted by Crippen LogP contribution is -2.50. The molecule has 2 aliphatic heterocycles. The monoisotopic (exact) mass is 332 g/mol. The van der Waals surface area contributed by atoms with Gasteiger partial charge in [-0.05, 0) is 39.3 Å². The number of fused-ring (bicyclic) bond motifs is 2. The molecule has 1 aromatic rings. The zero-order chi connectivity index (χ0) is 17.5. The van der Waals surface area contributed by atoms with Crippen molar-refractivity contribution in [2.75, 3.05) is 25.0 Å². The number of carbonyl (C=O) groups is 2. The van der Waals surface area contributed by atoms with Crippen LogP contribution in [0.3, 0.4) is 0 Å². The standard InChI is InChI=1S/C17H24N4O3/c1-17(2,3)24-16(23)21-10-12-7-13(21)9-20(12)11-5-6-14(19-8-11)15(22)18-4/h5-6,8,12-13H,7,9-10H2,1-4H3,(H,18,22)/t12-,13-/m0/s1. The van der Waals surface area contributed by atoms with Crippen LogP contribution in [0.1, 0.15) is 37.7 Å². The molecule has 0 unspecified atom stereocenters. The van der Waals surface area contributed by atoms with E-state index in [9.17, 15) is 9.59 Å². The van der Waals surface area contributed by atoms with Crippen LogP contribution < -0.4 is 10.2 Å². The first kappa shape index (κ1) is 16.5. The summed E-state index contributed by atoms with van der Waals surface area (Å²) in [5, 5.41) is 2.56. The molecule has 1 aromatic heterocycles. The molecule has 2 fully saturated rings. The van der Waals surface area contributed by atoms with Crippen LogP contribution in [0, 0.1) is 0 Å². The van der Waals surface area contributed by atoms with Crippen molar-refractivity contribution >= 4 is 17.7 Å². The normalized spacial score (nSPS) is 22.7. The Morgan fingerprint density at radius 3 is 2.50 bits per heavy atom. The second kappa shape index (κ2) is 5.96. The highest BCUT2D eigenvalue weighted by atomic mass is 16.6. The van der Waals surface area contributed by atoms with Crippen molar-refractivity contribution in [2.24, 2.45) is 0 Å². The highest BCUT2D eigenvalue weighted by Crippen LogP contribution is 2.35. The number of rotatable bonds is 2. The molecular weight excluding hydrogens is 308 g/mol. The van der Waals surface area contributed by atoms with E-state index >= 15 is 0 Å². The van der Waals surface area contributed by atoms with E-state index in [1.807, 2.05) is 31.7 Å². The van der Waals surface area contributed by atoms with Gasteiger partial charge in [0.05, 0.1) is 17.9 Å². The highest BCUT2D eigenvalue weighted by molar-refractivity contribution is 5.92. The van der Waals surface area contributed by atoms with Gasteiger partial charge in [0.15, 0.2) is 0 Å².